The van der Waals surface area contributed by atoms with Gasteiger partial charge in [-0.2, -0.15) is 0 Å². The molecular weight excluding hydrogens is 524 g/mol. The van der Waals surface area contributed by atoms with Crippen molar-refractivity contribution >= 4 is 29.5 Å². The minimum atomic E-state index is -1.12. The number of allylic oxidation sites excluding steroid dienone is 4. The summed E-state index contributed by atoms with van der Waals surface area (Å²) in [4.78, 5) is 64.6. The van der Waals surface area contributed by atoms with Crippen LogP contribution < -0.4 is 0 Å². The number of fused-ring (bicyclic) bond motifs is 5. The van der Waals surface area contributed by atoms with Gasteiger partial charge >= 0.3 is 17.9 Å². The van der Waals surface area contributed by atoms with Gasteiger partial charge in [0, 0.05) is 36.7 Å². The van der Waals surface area contributed by atoms with Crippen LogP contribution in [0.5, 0.6) is 0 Å². The molecule has 0 heterocycles. The second-order valence-electron chi connectivity index (χ2n) is 13.5. The number of hydrogen-bond acceptors (Lipinski definition) is 7. The Balaban J connectivity index is 1.95. The van der Waals surface area contributed by atoms with Crippen LogP contribution in [-0.4, -0.2) is 46.8 Å². The Hall–Kier alpha value is -3.03. The topological polar surface area (TPSA) is 124 Å². The van der Waals surface area contributed by atoms with E-state index >= 15 is 0 Å². The lowest BCUT2D eigenvalue weighted by Gasteiger charge is -2.67. The van der Waals surface area contributed by atoms with E-state index in [1.807, 2.05) is 46.8 Å². The maximum atomic E-state index is 14.4. The molecule has 4 rings (SSSR count). The van der Waals surface area contributed by atoms with Gasteiger partial charge in [0.2, 0.25) is 0 Å². The molecule has 3 saturated carbocycles. The van der Waals surface area contributed by atoms with Crippen LogP contribution in [0.25, 0.3) is 0 Å². The summed E-state index contributed by atoms with van der Waals surface area (Å²) >= 11 is 0. The minimum Gasteiger partial charge on any atom is -0.478 e. The van der Waals surface area contributed by atoms with Gasteiger partial charge in [0.25, 0.3) is 0 Å². The number of esters is 2. The summed E-state index contributed by atoms with van der Waals surface area (Å²) < 4.78 is 11.7. The molecule has 4 aliphatic carbocycles. The van der Waals surface area contributed by atoms with Crippen LogP contribution in [0.4, 0.5) is 0 Å². The highest BCUT2D eigenvalue weighted by Crippen LogP contribution is 2.73. The van der Waals surface area contributed by atoms with Crippen molar-refractivity contribution in [3.05, 3.63) is 34.9 Å². The number of carboxylic acids is 1. The molecule has 1 N–H and O–H groups in total. The van der Waals surface area contributed by atoms with Gasteiger partial charge in [-0.1, -0.05) is 45.4 Å². The van der Waals surface area contributed by atoms with Crippen molar-refractivity contribution in [2.75, 3.05) is 0 Å². The van der Waals surface area contributed by atoms with Crippen molar-refractivity contribution in [2.45, 2.75) is 99.7 Å². The Morgan fingerprint density at radius 2 is 1.66 bits per heavy atom. The summed E-state index contributed by atoms with van der Waals surface area (Å²) in [6, 6.07) is 0. The number of ether oxygens (including phenoxy) is 2. The van der Waals surface area contributed by atoms with Gasteiger partial charge in [0.15, 0.2) is 17.7 Å². The molecule has 0 spiro atoms. The number of carbonyl (C=O) groups is 5. The van der Waals surface area contributed by atoms with Gasteiger partial charge < -0.3 is 14.6 Å². The van der Waals surface area contributed by atoms with Crippen molar-refractivity contribution in [2.24, 2.45) is 39.9 Å². The highest BCUT2D eigenvalue weighted by atomic mass is 16.6. The molecule has 0 aromatic rings. The van der Waals surface area contributed by atoms with Gasteiger partial charge in [-0.05, 0) is 80.3 Å². The predicted octanol–water partition coefficient (Wildman–Crippen LogP) is 5.40. The van der Waals surface area contributed by atoms with E-state index < -0.39 is 58.2 Å². The van der Waals surface area contributed by atoms with Crippen LogP contribution in [0.15, 0.2) is 34.9 Å². The molecule has 8 heteroatoms. The molecule has 4 aliphatic rings. The minimum absolute atomic E-state index is 0.116. The predicted molar refractivity (Wildman–Crippen MR) is 151 cm³/mol. The zero-order valence-electron chi connectivity index (χ0n) is 25.5. The zero-order valence-corrected chi connectivity index (χ0v) is 25.5. The Labute approximate surface area is 242 Å². The summed E-state index contributed by atoms with van der Waals surface area (Å²) in [6.07, 6.45) is 5.97. The van der Waals surface area contributed by atoms with Gasteiger partial charge in [-0.25, -0.2) is 4.79 Å². The highest BCUT2D eigenvalue weighted by molar-refractivity contribution is 6.00. The second-order valence-corrected chi connectivity index (χ2v) is 13.5. The lowest BCUT2D eigenvalue weighted by molar-refractivity contribution is -0.222. The van der Waals surface area contributed by atoms with E-state index in [1.165, 1.54) is 13.8 Å². The van der Waals surface area contributed by atoms with Crippen LogP contribution in [0.1, 0.15) is 87.5 Å². The van der Waals surface area contributed by atoms with E-state index in [4.69, 9.17) is 9.47 Å². The third kappa shape index (κ3) is 4.71. The average Bonchev–Trinajstić information content (AvgIpc) is 3.13. The van der Waals surface area contributed by atoms with Crippen molar-refractivity contribution in [3.8, 4) is 0 Å². The van der Waals surface area contributed by atoms with Crippen molar-refractivity contribution in [1.82, 2.24) is 0 Å². The number of aliphatic carboxylic acids is 1. The molecule has 0 radical (unpaired) electrons. The van der Waals surface area contributed by atoms with E-state index in [0.29, 0.717) is 31.3 Å². The molecule has 0 aromatic heterocycles. The van der Waals surface area contributed by atoms with Gasteiger partial charge in [0.05, 0.1) is 0 Å². The van der Waals surface area contributed by atoms with E-state index in [9.17, 15) is 29.1 Å². The Kier molecular flexibility index (Phi) is 8.04. The van der Waals surface area contributed by atoms with E-state index in [-0.39, 0.29) is 35.4 Å². The summed E-state index contributed by atoms with van der Waals surface area (Å²) in [7, 11) is 0. The van der Waals surface area contributed by atoms with Crippen LogP contribution in [-0.2, 0) is 33.4 Å². The zero-order chi connectivity index (χ0) is 30.7. The first kappa shape index (κ1) is 30.9. The smallest absolute Gasteiger partial charge is 0.331 e. The molecule has 0 amide bonds. The lowest BCUT2D eigenvalue weighted by Crippen LogP contribution is -2.70. The van der Waals surface area contributed by atoms with Crippen molar-refractivity contribution in [3.63, 3.8) is 0 Å². The van der Waals surface area contributed by atoms with Gasteiger partial charge in [0.1, 0.15) is 6.10 Å². The summed E-state index contributed by atoms with van der Waals surface area (Å²) in [6.45, 7) is 14.3. The molecule has 0 aromatic carbocycles. The number of Topliss-reactive ketones (excluding diaryl/α,β-unsaturated/α-hetero) is 1. The maximum absolute atomic E-state index is 14.4. The number of hydrogen-bond donors (Lipinski definition) is 1. The average molecular weight is 569 g/mol. The number of carbonyl (C=O) groups excluding carboxylic acids is 4. The largest absolute Gasteiger partial charge is 0.478 e. The van der Waals surface area contributed by atoms with E-state index in [2.05, 4.69) is 0 Å². The quantitative estimate of drug-likeness (QED) is 0.257. The van der Waals surface area contributed by atoms with Crippen LogP contribution in [0.2, 0.25) is 0 Å². The van der Waals surface area contributed by atoms with Gasteiger partial charge in [-0.15, -0.1) is 0 Å². The number of carboxylic acid groups (broad SMARTS) is 1. The van der Waals surface area contributed by atoms with Crippen LogP contribution in [0, 0.1) is 39.9 Å². The molecular formula is C33H44O8. The van der Waals surface area contributed by atoms with Crippen molar-refractivity contribution < 1.29 is 38.6 Å². The summed E-state index contributed by atoms with van der Waals surface area (Å²) in [5, 5.41) is 10.4. The summed E-state index contributed by atoms with van der Waals surface area (Å²) in [5.41, 5.74) is -0.381. The Morgan fingerprint density at radius 3 is 2.22 bits per heavy atom. The maximum Gasteiger partial charge on any atom is 0.331 e. The number of rotatable bonds is 6. The monoisotopic (exact) mass is 568 g/mol. The molecule has 3 fully saturated rings. The Bertz CT molecular complexity index is 1270. The van der Waals surface area contributed by atoms with Gasteiger partial charge in [-0.3, -0.25) is 19.2 Å². The lowest BCUT2D eigenvalue weighted by atomic mass is 9.37. The SMILES string of the molecule is CC(=O)O[C@@H]1C(=O)[C@H]2[C@H](C)C(=O)C=C[C@]2(C)[C@@H]2CC[C@H]3C(=C(CCC=C(C)C)C(=O)O)[C@H](OC(C)=O)C[C@]3(C)[C@@]12C. The molecule has 9 atom stereocenters. The fraction of sp³-hybridized carbons (Fsp3) is 0.667. The van der Waals surface area contributed by atoms with E-state index in [1.54, 1.807) is 13.0 Å². The van der Waals surface area contributed by atoms with Crippen LogP contribution in [0.3, 0.4) is 0 Å². The second kappa shape index (κ2) is 10.7. The first-order chi connectivity index (χ1) is 19.0. The normalized spacial score (nSPS) is 40.6. The Morgan fingerprint density at radius 1 is 1.02 bits per heavy atom. The third-order valence-electron chi connectivity index (χ3n) is 11.0. The molecule has 0 bridgehead atoms. The fourth-order valence-corrected chi connectivity index (χ4v) is 9.25. The molecule has 0 unspecified atom stereocenters. The first-order valence-corrected chi connectivity index (χ1v) is 14.7. The molecule has 8 nitrogen and oxygen atoms in total. The summed E-state index contributed by atoms with van der Waals surface area (Å²) in [5.74, 6) is -4.14. The molecule has 0 aliphatic heterocycles. The highest BCUT2D eigenvalue weighted by Gasteiger charge is 2.74. The molecule has 224 valence electrons. The third-order valence-corrected chi connectivity index (χ3v) is 11.0. The standard InChI is InChI=1S/C33H44O8/c1-17(2)10-9-11-21(30(38)39)26-22-12-13-25-31(6)15-14-23(36)18(3)27(31)28(37)29(41-20(5)35)33(25,8)32(22,7)16-24(26)40-19(4)34/h10,14-15,18,22,24-25,27,29H,9,11-13,16H2,1-8H3,(H,38,39)/t18-,22+,24-,25+,27-,29-,31-,32+,33-/m1/s1. The van der Waals surface area contributed by atoms with Crippen molar-refractivity contribution in [1.29, 1.82) is 0 Å². The van der Waals surface area contributed by atoms with E-state index in [0.717, 1.165) is 5.57 Å². The molecule has 41 heavy (non-hydrogen) atoms. The first-order valence-electron chi connectivity index (χ1n) is 14.7. The fourth-order valence-electron chi connectivity index (χ4n) is 9.25. The number of ketones is 2. The van der Waals surface area contributed by atoms with Crippen LogP contribution >= 0.6 is 0 Å². The molecule has 0 saturated heterocycles.